The van der Waals surface area contributed by atoms with Gasteiger partial charge in [0.1, 0.15) is 53.9 Å². The molecule has 2 aliphatic heterocycles. The van der Waals surface area contributed by atoms with Gasteiger partial charge in [-0.05, 0) is 35.3 Å². The molecule has 4 rings (SSSR count). The Labute approximate surface area is 236 Å². The lowest BCUT2D eigenvalue weighted by atomic mass is 9.99. The summed E-state index contributed by atoms with van der Waals surface area (Å²) in [6.07, 6.45) is -17.5. The molecule has 0 radical (unpaired) electrons. The topological polar surface area (TPSA) is 253 Å². The van der Waals surface area contributed by atoms with Crippen LogP contribution in [0, 0.1) is 0 Å². The monoisotopic (exact) mass is 584 g/mol. The fourth-order valence-corrected chi connectivity index (χ4v) is 3.97. The van der Waals surface area contributed by atoms with Crippen LogP contribution in [-0.4, -0.2) is 119 Å². The van der Waals surface area contributed by atoms with Gasteiger partial charge in [0.05, 0.1) is 5.48 Å². The number of carbonyl (C=O) groups is 2. The van der Waals surface area contributed by atoms with Crippen LogP contribution in [-0.2, 0) is 19.1 Å². The van der Waals surface area contributed by atoms with Gasteiger partial charge < -0.3 is 64.9 Å². The van der Waals surface area contributed by atoms with E-state index in [-0.39, 0.29) is 22.6 Å². The van der Waals surface area contributed by atoms with E-state index in [2.05, 4.69) is 0 Å². The highest BCUT2D eigenvalue weighted by Crippen LogP contribution is 2.31. The van der Waals surface area contributed by atoms with Gasteiger partial charge in [-0.25, -0.2) is 9.59 Å². The zero-order chi connectivity index (χ0) is 33.5. The number of hydrogen-bond acceptors (Lipinski definition) is 13. The number of benzene rings is 2. The third-order valence-corrected chi connectivity index (χ3v) is 6.11. The largest absolute Gasteiger partial charge is 0.508 e. The molecule has 2 fully saturated rings. The van der Waals surface area contributed by atoms with Crippen molar-refractivity contribution >= 4 is 24.1 Å². The number of carboxylic acid groups (broad SMARTS) is 2. The molecule has 2 aromatic rings. The number of hydrogen-bond donors (Lipinski definition) is 9. The fraction of sp³-hybridized carbons (Fsp3) is 0.385. The van der Waals surface area contributed by atoms with Crippen LogP contribution in [0.1, 0.15) is 16.6 Å². The molecular weight excluding hydrogens is 552 g/mol. The molecule has 0 unspecified atom stereocenters. The highest BCUT2D eigenvalue weighted by molar-refractivity contribution is 5.74. The van der Waals surface area contributed by atoms with Crippen molar-refractivity contribution in [1.29, 1.82) is 0 Å². The van der Waals surface area contributed by atoms with Crippen LogP contribution in [0.2, 0.25) is 0 Å². The van der Waals surface area contributed by atoms with E-state index in [1.165, 1.54) is 18.2 Å². The summed E-state index contributed by atoms with van der Waals surface area (Å²) in [5.41, 5.74) is -0.190. The number of ether oxygens (including phenoxy) is 4. The van der Waals surface area contributed by atoms with E-state index >= 15 is 0 Å². The summed E-state index contributed by atoms with van der Waals surface area (Å²) >= 11 is 0. The van der Waals surface area contributed by atoms with Crippen LogP contribution in [0.15, 0.2) is 42.4 Å². The Balaban J connectivity index is 1.73. The second-order valence-corrected chi connectivity index (χ2v) is 9.04. The van der Waals surface area contributed by atoms with Gasteiger partial charge in [0, 0.05) is 6.07 Å². The Hall–Kier alpha value is -3.80. The minimum Gasteiger partial charge on any atom is -0.508 e. The van der Waals surface area contributed by atoms with Gasteiger partial charge in [-0.2, -0.15) is 0 Å². The van der Waals surface area contributed by atoms with Crippen LogP contribution in [0.3, 0.4) is 0 Å². The van der Waals surface area contributed by atoms with E-state index in [4.69, 9.17) is 24.4 Å². The highest BCUT2D eigenvalue weighted by Gasteiger charge is 2.49. The maximum Gasteiger partial charge on any atom is 0.335 e. The molecular formula is C26H28O15. The van der Waals surface area contributed by atoms with Crippen molar-refractivity contribution in [3.63, 3.8) is 0 Å². The molecule has 0 saturated carbocycles. The molecule has 0 spiro atoms. The predicted octanol–water partition coefficient (Wildman–Crippen LogP) is -1.90. The number of aliphatic hydroxyl groups is 6. The first-order valence-electron chi connectivity index (χ1n) is 13.8. The number of aromatic hydroxyl groups is 1. The Bertz CT molecular complexity index is 1390. The van der Waals surface area contributed by atoms with Crippen LogP contribution >= 0.6 is 0 Å². The zero-order valence-electron chi connectivity index (χ0n) is 24.6. The first-order valence-corrected chi connectivity index (χ1v) is 11.8. The van der Waals surface area contributed by atoms with Gasteiger partial charge in [0.25, 0.3) is 0 Å². The fourth-order valence-electron chi connectivity index (χ4n) is 3.97. The molecule has 222 valence electrons. The Morgan fingerprint density at radius 2 is 1.07 bits per heavy atom. The molecule has 15 nitrogen and oxygen atoms in total. The Morgan fingerprint density at radius 1 is 0.659 bits per heavy atom. The van der Waals surface area contributed by atoms with Gasteiger partial charge in [-0.3, -0.25) is 0 Å². The molecule has 2 heterocycles. The lowest BCUT2D eigenvalue weighted by Gasteiger charge is -2.39. The van der Waals surface area contributed by atoms with Crippen molar-refractivity contribution in [3.05, 3.63) is 53.5 Å². The third kappa shape index (κ3) is 6.75. The van der Waals surface area contributed by atoms with Gasteiger partial charge in [0.2, 0.25) is 12.6 Å². The van der Waals surface area contributed by atoms with Gasteiger partial charge in [-0.1, -0.05) is 24.2 Å². The first kappa shape index (κ1) is 25.0. The molecule has 15 heteroatoms. The minimum absolute atomic E-state index is 0.0637. The molecule has 0 bridgehead atoms. The van der Waals surface area contributed by atoms with Crippen LogP contribution < -0.4 is 9.47 Å². The number of aliphatic hydroxyl groups excluding tert-OH is 6. The minimum atomic E-state index is -2.02. The normalized spacial score (nSPS) is 35.2. The summed E-state index contributed by atoms with van der Waals surface area (Å²) in [7, 11) is 0. The van der Waals surface area contributed by atoms with Crippen molar-refractivity contribution in [1.82, 2.24) is 0 Å². The van der Waals surface area contributed by atoms with E-state index in [0.717, 1.165) is 12.1 Å². The predicted molar refractivity (Wildman–Crippen MR) is 133 cm³/mol. The van der Waals surface area contributed by atoms with Crippen LogP contribution in [0.4, 0.5) is 0 Å². The van der Waals surface area contributed by atoms with Gasteiger partial charge in [-0.15, -0.1) is 0 Å². The maximum absolute atomic E-state index is 11.5. The van der Waals surface area contributed by atoms with E-state index < -0.39 is 103 Å². The lowest BCUT2D eigenvalue weighted by molar-refractivity contribution is -0.272. The number of phenols is 1. The average Bonchev–Trinajstić information content (AvgIpc) is 2.99. The maximum atomic E-state index is 11.5. The Morgan fingerprint density at radius 3 is 1.49 bits per heavy atom. The first-order chi connectivity index (χ1) is 21.0. The van der Waals surface area contributed by atoms with Crippen LogP contribution in [0.5, 0.6) is 17.2 Å². The summed E-state index contributed by atoms with van der Waals surface area (Å²) in [5.74, 6) is -4.84. The van der Waals surface area contributed by atoms with E-state index in [9.17, 15) is 55.5 Å². The summed E-state index contributed by atoms with van der Waals surface area (Å²) < 4.78 is 53.0. The van der Waals surface area contributed by atoms with Crippen molar-refractivity contribution in [3.8, 4) is 17.2 Å². The number of rotatable bonds is 8. The number of carboxylic acids is 2. The summed E-state index contributed by atoms with van der Waals surface area (Å²) in [4.78, 5) is 23.0. The van der Waals surface area contributed by atoms with Gasteiger partial charge in [0.15, 0.2) is 12.2 Å². The van der Waals surface area contributed by atoms with E-state index in [0.29, 0.717) is 0 Å². The summed E-state index contributed by atoms with van der Waals surface area (Å²) in [5, 5.41) is 89.3. The van der Waals surface area contributed by atoms with Gasteiger partial charge >= 0.3 is 11.9 Å². The van der Waals surface area contributed by atoms with Crippen molar-refractivity contribution in [2.75, 3.05) is 0 Å². The SMILES string of the molecule is [2H]c1c([2H])c(/C=C/c2cc(O[C@@H]3O[C@H](C(=O)O)[C@@H](O)[C@H](O)[C@H]3O)cc(O[C@@H]3O[C@H](C(=O)O)[C@@H](O)[C@H](O)[C@H]3O)c2)c([2H])c([2H])c1O. The quantitative estimate of drug-likeness (QED) is 0.154. The highest BCUT2D eigenvalue weighted by atomic mass is 16.7. The summed E-state index contributed by atoms with van der Waals surface area (Å²) in [6, 6.07) is 0.856. The van der Waals surface area contributed by atoms with E-state index in [1.54, 1.807) is 0 Å². The van der Waals surface area contributed by atoms with Crippen molar-refractivity contribution < 1.29 is 80.0 Å². The molecule has 0 aliphatic carbocycles. The number of aliphatic carboxylic acids is 2. The molecule has 2 saturated heterocycles. The van der Waals surface area contributed by atoms with Crippen LogP contribution in [0.25, 0.3) is 12.2 Å². The van der Waals surface area contributed by atoms with Crippen molar-refractivity contribution in [2.45, 2.75) is 61.4 Å². The molecule has 0 aromatic heterocycles. The van der Waals surface area contributed by atoms with Crippen molar-refractivity contribution in [2.24, 2.45) is 0 Å². The smallest absolute Gasteiger partial charge is 0.335 e. The lowest BCUT2D eigenvalue weighted by Crippen LogP contribution is -2.61. The zero-order valence-corrected chi connectivity index (χ0v) is 20.6. The molecule has 9 N–H and O–H groups in total. The second kappa shape index (κ2) is 12.4. The molecule has 2 aromatic carbocycles. The third-order valence-electron chi connectivity index (χ3n) is 6.11. The molecule has 10 atom stereocenters. The molecule has 41 heavy (non-hydrogen) atoms. The average molecular weight is 585 g/mol. The number of phenolic OH excluding ortho intramolecular Hbond substituents is 1. The Kier molecular flexibility index (Phi) is 7.53. The second-order valence-electron chi connectivity index (χ2n) is 9.04. The summed E-state index contributed by atoms with van der Waals surface area (Å²) in [6.45, 7) is 0. The standard InChI is InChI=1S/C26H28O15/c27-12-5-3-10(4-6-12)1-2-11-7-13(38-25-19(32)15(28)17(30)21(40-25)23(34)35)9-14(8-11)39-26-20(33)16(29)18(31)22(41-26)24(36)37/h1-9,15-22,25-33H,(H,34,35)(H,36,37)/b2-1+/t15-,16-,17-,18-,19+,20+,21-,22-,25+,26+/m0/s1/i3D,4D,5D,6D. The van der Waals surface area contributed by atoms with E-state index in [1.807, 2.05) is 0 Å². The molecule has 2 aliphatic rings. The molecule has 0 amide bonds.